The second-order valence-electron chi connectivity index (χ2n) is 5.47. The molecule has 0 aromatic heterocycles. The van der Waals surface area contributed by atoms with Gasteiger partial charge in [0.2, 0.25) is 5.91 Å². The van der Waals surface area contributed by atoms with Crippen molar-refractivity contribution in [3.63, 3.8) is 0 Å². The summed E-state index contributed by atoms with van der Waals surface area (Å²) in [6.07, 6.45) is 0.319. The molecule has 1 amide bonds. The Hall–Kier alpha value is -2.12. The Balaban J connectivity index is 5.45. The van der Waals surface area contributed by atoms with Crippen LogP contribution in [0.3, 0.4) is 0 Å². The molecule has 24 heavy (non-hydrogen) atoms. The van der Waals surface area contributed by atoms with E-state index in [1.54, 1.807) is 0 Å². The third kappa shape index (κ3) is 9.81. The van der Waals surface area contributed by atoms with E-state index in [0.717, 1.165) is 12.8 Å². The van der Waals surface area contributed by atoms with E-state index in [4.69, 9.17) is 14.2 Å². The molecule has 0 aromatic rings. The van der Waals surface area contributed by atoms with Crippen molar-refractivity contribution in [3.8, 4) is 0 Å². The van der Waals surface area contributed by atoms with Gasteiger partial charge in [-0.2, -0.15) is 0 Å². The van der Waals surface area contributed by atoms with Crippen LogP contribution in [0.1, 0.15) is 53.9 Å². The summed E-state index contributed by atoms with van der Waals surface area (Å²) in [4.78, 5) is 45.4. The second-order valence-corrected chi connectivity index (χ2v) is 5.47. The van der Waals surface area contributed by atoms with Crippen LogP contribution < -0.4 is 5.32 Å². The van der Waals surface area contributed by atoms with E-state index in [0.29, 0.717) is 6.42 Å². The topological polar surface area (TPSA) is 108 Å². The number of rotatable bonds is 10. The van der Waals surface area contributed by atoms with Gasteiger partial charge >= 0.3 is 17.9 Å². The van der Waals surface area contributed by atoms with E-state index in [2.05, 4.69) is 5.32 Å². The van der Waals surface area contributed by atoms with Gasteiger partial charge in [-0.3, -0.25) is 19.2 Å². The Morgan fingerprint density at radius 3 is 1.92 bits per heavy atom. The maximum Gasteiger partial charge on any atom is 0.303 e. The number of ether oxygens (including phenoxy) is 3. The molecule has 0 bridgehead atoms. The predicted octanol–water partition coefficient (Wildman–Crippen LogP) is 1.11. The van der Waals surface area contributed by atoms with E-state index in [-0.39, 0.29) is 12.5 Å². The summed E-state index contributed by atoms with van der Waals surface area (Å²) in [6.45, 7) is 6.76. The van der Waals surface area contributed by atoms with Gasteiger partial charge in [-0.05, 0) is 12.8 Å². The van der Waals surface area contributed by atoms with Crippen LogP contribution in [0, 0.1) is 0 Å². The summed E-state index contributed by atoms with van der Waals surface area (Å²) < 4.78 is 15.5. The summed E-state index contributed by atoms with van der Waals surface area (Å²) in [5.74, 6) is -2.04. The zero-order chi connectivity index (χ0) is 18.7. The van der Waals surface area contributed by atoms with Gasteiger partial charge in [0, 0.05) is 27.7 Å². The standard InChI is InChI=1S/C16H27NO7/c1-6-7-8-15(23-12(4)20)16(24-13(5)21)14(17-10(2)18)9-22-11(3)19/h14-16H,6-9H2,1-5H3,(H,17,18)/t14-,15-,16-/m1/s1. The minimum atomic E-state index is -0.957. The highest BCUT2D eigenvalue weighted by molar-refractivity contribution is 5.73. The fourth-order valence-corrected chi connectivity index (χ4v) is 2.20. The molecule has 0 saturated heterocycles. The molecular weight excluding hydrogens is 318 g/mol. The van der Waals surface area contributed by atoms with Crippen molar-refractivity contribution in [1.29, 1.82) is 0 Å². The molecule has 1 N–H and O–H groups in total. The van der Waals surface area contributed by atoms with Crippen molar-refractivity contribution in [3.05, 3.63) is 0 Å². The van der Waals surface area contributed by atoms with Gasteiger partial charge in [-0.1, -0.05) is 13.3 Å². The Kier molecular flexibility index (Phi) is 10.4. The highest BCUT2D eigenvalue weighted by atomic mass is 16.6. The van der Waals surface area contributed by atoms with Gasteiger partial charge in [-0.15, -0.1) is 0 Å². The lowest BCUT2D eigenvalue weighted by molar-refractivity contribution is -0.171. The SMILES string of the molecule is CCCC[C@@H](OC(C)=O)[C@H](OC(C)=O)[C@@H](COC(C)=O)NC(C)=O. The zero-order valence-corrected chi connectivity index (χ0v) is 14.9. The van der Waals surface area contributed by atoms with E-state index in [1.807, 2.05) is 6.92 Å². The van der Waals surface area contributed by atoms with Crippen LogP contribution in [0.4, 0.5) is 0 Å². The van der Waals surface area contributed by atoms with Crippen molar-refractivity contribution in [2.24, 2.45) is 0 Å². The number of esters is 3. The van der Waals surface area contributed by atoms with Gasteiger partial charge in [0.15, 0.2) is 6.10 Å². The van der Waals surface area contributed by atoms with Crippen LogP contribution in [-0.4, -0.2) is 48.7 Å². The van der Waals surface area contributed by atoms with Crippen molar-refractivity contribution in [1.82, 2.24) is 5.32 Å². The summed E-state index contributed by atoms with van der Waals surface area (Å²) in [7, 11) is 0. The Morgan fingerprint density at radius 2 is 1.50 bits per heavy atom. The first-order valence-corrected chi connectivity index (χ1v) is 7.92. The smallest absolute Gasteiger partial charge is 0.303 e. The molecular formula is C16H27NO7. The fourth-order valence-electron chi connectivity index (χ4n) is 2.20. The largest absolute Gasteiger partial charge is 0.464 e. The molecule has 0 fully saturated rings. The average molecular weight is 345 g/mol. The van der Waals surface area contributed by atoms with Crippen LogP contribution in [0.5, 0.6) is 0 Å². The summed E-state index contributed by atoms with van der Waals surface area (Å²) in [5.41, 5.74) is 0. The molecule has 0 aromatic carbocycles. The normalized spacial score (nSPS) is 14.0. The number of hydrogen-bond donors (Lipinski definition) is 1. The lowest BCUT2D eigenvalue weighted by Crippen LogP contribution is -2.53. The van der Waals surface area contributed by atoms with Gasteiger partial charge in [-0.25, -0.2) is 0 Å². The Morgan fingerprint density at radius 1 is 0.917 bits per heavy atom. The first-order chi connectivity index (χ1) is 11.2. The van der Waals surface area contributed by atoms with E-state index in [1.165, 1.54) is 27.7 Å². The molecule has 0 aliphatic carbocycles. The number of carbonyl (C=O) groups excluding carboxylic acids is 4. The van der Waals surface area contributed by atoms with E-state index >= 15 is 0 Å². The molecule has 0 radical (unpaired) electrons. The van der Waals surface area contributed by atoms with E-state index in [9.17, 15) is 19.2 Å². The lowest BCUT2D eigenvalue weighted by atomic mass is 10.00. The number of unbranched alkanes of at least 4 members (excludes halogenated alkanes) is 1. The van der Waals surface area contributed by atoms with Crippen LogP contribution >= 0.6 is 0 Å². The molecule has 0 rings (SSSR count). The van der Waals surface area contributed by atoms with Crippen LogP contribution in [0.25, 0.3) is 0 Å². The Labute approximate surface area is 142 Å². The highest BCUT2D eigenvalue weighted by Crippen LogP contribution is 2.17. The summed E-state index contributed by atoms with van der Waals surface area (Å²) in [6, 6.07) is -0.823. The third-order valence-electron chi connectivity index (χ3n) is 3.08. The first-order valence-electron chi connectivity index (χ1n) is 7.92. The van der Waals surface area contributed by atoms with Crippen molar-refractivity contribution in [2.75, 3.05) is 6.61 Å². The van der Waals surface area contributed by atoms with Crippen molar-refractivity contribution in [2.45, 2.75) is 72.1 Å². The number of carbonyl (C=O) groups is 4. The molecule has 8 nitrogen and oxygen atoms in total. The molecule has 3 atom stereocenters. The molecule has 0 heterocycles. The molecule has 0 aliphatic heterocycles. The molecule has 0 saturated carbocycles. The van der Waals surface area contributed by atoms with Crippen molar-refractivity contribution < 1.29 is 33.4 Å². The predicted molar refractivity (Wildman–Crippen MR) is 84.9 cm³/mol. The quantitative estimate of drug-likeness (QED) is 0.466. The molecule has 138 valence electrons. The zero-order valence-electron chi connectivity index (χ0n) is 14.9. The summed E-state index contributed by atoms with van der Waals surface area (Å²) >= 11 is 0. The van der Waals surface area contributed by atoms with Crippen molar-refractivity contribution >= 4 is 23.8 Å². The molecule has 0 spiro atoms. The first kappa shape index (κ1) is 21.9. The monoisotopic (exact) mass is 345 g/mol. The Bertz CT molecular complexity index is 450. The van der Waals surface area contributed by atoms with Gasteiger partial charge in [0.05, 0.1) is 0 Å². The second kappa shape index (κ2) is 11.4. The number of hydrogen-bond acceptors (Lipinski definition) is 7. The van der Waals surface area contributed by atoms with Gasteiger partial charge in [0.25, 0.3) is 0 Å². The lowest BCUT2D eigenvalue weighted by Gasteiger charge is -2.32. The molecule has 0 unspecified atom stereocenters. The number of amides is 1. The molecule has 0 aliphatic rings. The molecule has 8 heteroatoms. The number of nitrogens with one attached hydrogen (secondary N) is 1. The van der Waals surface area contributed by atoms with Crippen LogP contribution in [0.15, 0.2) is 0 Å². The van der Waals surface area contributed by atoms with Gasteiger partial charge in [0.1, 0.15) is 18.8 Å². The third-order valence-corrected chi connectivity index (χ3v) is 3.08. The minimum absolute atomic E-state index is 0.198. The fraction of sp³-hybridized carbons (Fsp3) is 0.750. The summed E-state index contributed by atoms with van der Waals surface area (Å²) in [5, 5.41) is 2.59. The maximum atomic E-state index is 11.5. The average Bonchev–Trinajstić information content (AvgIpc) is 2.44. The van der Waals surface area contributed by atoms with Crippen LogP contribution in [0.2, 0.25) is 0 Å². The minimum Gasteiger partial charge on any atom is -0.464 e. The van der Waals surface area contributed by atoms with Crippen LogP contribution in [-0.2, 0) is 33.4 Å². The maximum absolute atomic E-state index is 11.5. The van der Waals surface area contributed by atoms with Gasteiger partial charge < -0.3 is 19.5 Å². The van der Waals surface area contributed by atoms with E-state index < -0.39 is 36.2 Å². The highest BCUT2D eigenvalue weighted by Gasteiger charge is 2.35.